The maximum absolute atomic E-state index is 11.9. The minimum Gasteiger partial charge on any atom is -0.379 e. The fraction of sp³-hybridized carbons (Fsp3) is 0.923. The molecule has 1 rings (SSSR count). The highest BCUT2D eigenvalue weighted by atomic mass is 19.4. The van der Waals surface area contributed by atoms with Gasteiger partial charge in [0.1, 0.15) is 0 Å². The highest BCUT2D eigenvalue weighted by Gasteiger charge is 2.29. The van der Waals surface area contributed by atoms with Gasteiger partial charge in [-0.05, 0) is 25.2 Å². The fourth-order valence-corrected chi connectivity index (χ4v) is 2.28. The Kier molecular flexibility index (Phi) is 6.58. The molecule has 0 bridgehead atoms. The molecule has 0 aromatic rings. The van der Waals surface area contributed by atoms with E-state index in [9.17, 15) is 18.0 Å². The molecule has 0 unspecified atom stereocenters. The van der Waals surface area contributed by atoms with E-state index < -0.39 is 12.6 Å². The number of carbonyl (C=O) groups excluding carboxylic acids is 1. The van der Waals surface area contributed by atoms with Gasteiger partial charge in [0.15, 0.2) is 0 Å². The Balaban J connectivity index is 2.19. The zero-order valence-electron chi connectivity index (χ0n) is 12.0. The van der Waals surface area contributed by atoms with Crippen molar-refractivity contribution in [3.63, 3.8) is 0 Å². The Morgan fingerprint density at radius 3 is 2.70 bits per heavy atom. The van der Waals surface area contributed by atoms with Crippen molar-refractivity contribution in [1.29, 1.82) is 0 Å². The van der Waals surface area contributed by atoms with Crippen LogP contribution in [0.1, 0.15) is 32.6 Å². The molecule has 4 nitrogen and oxygen atoms in total. The van der Waals surface area contributed by atoms with E-state index in [0.717, 1.165) is 6.42 Å². The first-order chi connectivity index (χ1) is 9.33. The first-order valence-electron chi connectivity index (χ1n) is 6.96. The molecular formula is C13H23F3N2O2. The first-order valence-corrected chi connectivity index (χ1v) is 6.96. The van der Waals surface area contributed by atoms with E-state index in [1.54, 1.807) is 12.0 Å². The van der Waals surface area contributed by atoms with Gasteiger partial charge in [-0.2, -0.15) is 13.2 Å². The van der Waals surface area contributed by atoms with Gasteiger partial charge in [0.25, 0.3) is 0 Å². The predicted octanol–water partition coefficient (Wildman–Crippen LogP) is 2.79. The number of amides is 2. The molecule has 0 spiro atoms. The number of carbonyl (C=O) groups is 1. The van der Waals surface area contributed by atoms with E-state index in [4.69, 9.17) is 4.74 Å². The van der Waals surface area contributed by atoms with Crippen LogP contribution in [0.15, 0.2) is 0 Å². The number of alkyl halides is 3. The molecule has 1 saturated heterocycles. The van der Waals surface area contributed by atoms with Crippen molar-refractivity contribution in [3.8, 4) is 0 Å². The van der Waals surface area contributed by atoms with Crippen LogP contribution in [0.3, 0.4) is 0 Å². The summed E-state index contributed by atoms with van der Waals surface area (Å²) in [5, 5.41) is 2.66. The third-order valence-electron chi connectivity index (χ3n) is 3.64. The van der Waals surface area contributed by atoms with Gasteiger partial charge < -0.3 is 15.0 Å². The third kappa shape index (κ3) is 5.98. The Morgan fingerprint density at radius 2 is 2.10 bits per heavy atom. The number of hydrogen-bond donors (Lipinski definition) is 1. The zero-order valence-corrected chi connectivity index (χ0v) is 12.0. The molecule has 1 N–H and O–H groups in total. The van der Waals surface area contributed by atoms with Gasteiger partial charge in [-0.25, -0.2) is 4.79 Å². The molecule has 0 saturated carbocycles. The number of nitrogens with one attached hydrogen (secondary N) is 1. The molecule has 0 radical (unpaired) electrons. The van der Waals surface area contributed by atoms with Crippen LogP contribution in [0, 0.1) is 5.92 Å². The highest BCUT2D eigenvalue weighted by molar-refractivity contribution is 5.74. The molecule has 0 aromatic heterocycles. The number of nitrogens with zero attached hydrogens (tertiary/aromatic N) is 1. The summed E-state index contributed by atoms with van der Waals surface area (Å²) in [4.78, 5) is 13.5. The summed E-state index contributed by atoms with van der Waals surface area (Å²) in [6.45, 7) is 3.56. The van der Waals surface area contributed by atoms with E-state index >= 15 is 0 Å². The molecule has 1 fully saturated rings. The number of piperidine rings is 1. The second-order valence-electron chi connectivity index (χ2n) is 5.29. The second-order valence-corrected chi connectivity index (χ2v) is 5.29. The summed E-state index contributed by atoms with van der Waals surface area (Å²) in [7, 11) is 1.62. The largest absolute Gasteiger partial charge is 0.389 e. The Labute approximate surface area is 117 Å². The smallest absolute Gasteiger partial charge is 0.379 e. The maximum Gasteiger partial charge on any atom is 0.389 e. The van der Waals surface area contributed by atoms with Crippen LogP contribution >= 0.6 is 0 Å². The van der Waals surface area contributed by atoms with Crippen molar-refractivity contribution in [1.82, 2.24) is 10.2 Å². The van der Waals surface area contributed by atoms with Crippen LogP contribution in [-0.2, 0) is 4.74 Å². The van der Waals surface area contributed by atoms with Crippen molar-refractivity contribution < 1.29 is 22.7 Å². The number of unbranched alkanes of at least 4 members (excludes halogenated alkanes) is 1. The fourth-order valence-electron chi connectivity index (χ4n) is 2.28. The lowest BCUT2D eigenvalue weighted by molar-refractivity contribution is -0.135. The lowest BCUT2D eigenvalue weighted by Crippen LogP contribution is -2.50. The molecule has 118 valence electrons. The molecule has 0 aliphatic carbocycles. The number of likely N-dealkylation sites (tertiary alicyclic amines) is 1. The van der Waals surface area contributed by atoms with Gasteiger partial charge in [-0.3, -0.25) is 0 Å². The maximum atomic E-state index is 11.9. The summed E-state index contributed by atoms with van der Waals surface area (Å²) in [6, 6.07) is -0.217. The molecule has 0 aromatic carbocycles. The molecule has 1 aliphatic rings. The summed E-state index contributed by atoms with van der Waals surface area (Å²) in [6.07, 6.45) is -3.63. The number of ether oxygens (including phenoxy) is 1. The lowest BCUT2D eigenvalue weighted by Gasteiger charge is -2.36. The normalized spacial score (nSPS) is 23.8. The third-order valence-corrected chi connectivity index (χ3v) is 3.64. The molecule has 2 atom stereocenters. The van der Waals surface area contributed by atoms with Crippen LogP contribution in [0.25, 0.3) is 0 Å². The number of rotatable bonds is 5. The van der Waals surface area contributed by atoms with Crippen LogP contribution in [0.5, 0.6) is 0 Å². The molecular weight excluding hydrogens is 273 g/mol. The van der Waals surface area contributed by atoms with Crippen molar-refractivity contribution >= 4 is 6.03 Å². The summed E-state index contributed by atoms with van der Waals surface area (Å²) < 4.78 is 41.1. The molecule has 20 heavy (non-hydrogen) atoms. The quantitative estimate of drug-likeness (QED) is 0.793. The van der Waals surface area contributed by atoms with E-state index in [0.29, 0.717) is 25.4 Å². The molecule has 1 aliphatic heterocycles. The molecule has 2 amide bonds. The van der Waals surface area contributed by atoms with Gasteiger partial charge in [-0.15, -0.1) is 0 Å². The van der Waals surface area contributed by atoms with Crippen molar-refractivity contribution in [2.45, 2.75) is 44.9 Å². The van der Waals surface area contributed by atoms with Crippen LogP contribution in [0.4, 0.5) is 18.0 Å². The number of halogens is 3. The number of methoxy groups -OCH3 is 1. The van der Waals surface area contributed by atoms with E-state index in [1.807, 2.05) is 0 Å². The van der Waals surface area contributed by atoms with Crippen molar-refractivity contribution in [3.05, 3.63) is 0 Å². The van der Waals surface area contributed by atoms with E-state index in [2.05, 4.69) is 12.2 Å². The van der Waals surface area contributed by atoms with Gasteiger partial charge in [0.2, 0.25) is 0 Å². The molecule has 7 heteroatoms. The minimum absolute atomic E-state index is 0.0275. The first kappa shape index (κ1) is 17.1. The monoisotopic (exact) mass is 296 g/mol. The van der Waals surface area contributed by atoms with Gasteiger partial charge in [-0.1, -0.05) is 6.92 Å². The average Bonchev–Trinajstić information content (AvgIpc) is 2.37. The molecule has 1 heterocycles. The van der Waals surface area contributed by atoms with Crippen LogP contribution in [-0.4, -0.2) is 50.0 Å². The van der Waals surface area contributed by atoms with Crippen molar-refractivity contribution in [2.24, 2.45) is 5.92 Å². The summed E-state index contributed by atoms with van der Waals surface area (Å²) >= 11 is 0. The van der Waals surface area contributed by atoms with Gasteiger partial charge in [0.05, 0.1) is 6.10 Å². The predicted molar refractivity (Wildman–Crippen MR) is 69.5 cm³/mol. The number of urea groups is 1. The zero-order chi connectivity index (χ0) is 15.2. The SMILES string of the molecule is CO[C@@H]1CN(C(=O)NCCCCC(F)(F)F)CC[C@@H]1C. The summed E-state index contributed by atoms with van der Waals surface area (Å²) in [5.74, 6) is 0.413. The Hall–Kier alpha value is -0.980. The van der Waals surface area contributed by atoms with Crippen LogP contribution < -0.4 is 5.32 Å². The second kappa shape index (κ2) is 7.71. The van der Waals surface area contributed by atoms with Gasteiger partial charge in [0, 0.05) is 33.2 Å². The van der Waals surface area contributed by atoms with Gasteiger partial charge >= 0.3 is 12.2 Å². The number of hydrogen-bond acceptors (Lipinski definition) is 2. The van der Waals surface area contributed by atoms with Crippen LogP contribution in [0.2, 0.25) is 0 Å². The van der Waals surface area contributed by atoms with E-state index in [-0.39, 0.29) is 25.1 Å². The highest BCUT2D eigenvalue weighted by Crippen LogP contribution is 2.22. The Bertz CT molecular complexity index is 310. The standard InChI is InChI=1S/C13H23F3N2O2/c1-10-5-8-18(9-11(10)20-2)12(19)17-7-4-3-6-13(14,15)16/h10-11H,3-9H2,1-2H3,(H,17,19)/t10-,11+/m0/s1. The average molecular weight is 296 g/mol. The Morgan fingerprint density at radius 1 is 1.40 bits per heavy atom. The topological polar surface area (TPSA) is 41.6 Å². The van der Waals surface area contributed by atoms with Crippen molar-refractivity contribution in [2.75, 3.05) is 26.7 Å². The van der Waals surface area contributed by atoms with E-state index in [1.165, 1.54) is 0 Å². The summed E-state index contributed by atoms with van der Waals surface area (Å²) in [5.41, 5.74) is 0. The lowest BCUT2D eigenvalue weighted by atomic mass is 9.96. The minimum atomic E-state index is -4.11.